The fraction of sp³-hybridized carbons (Fsp3) is 0.500. The first kappa shape index (κ1) is 25.1. The highest BCUT2D eigenvalue weighted by molar-refractivity contribution is 5.92. The van der Waals surface area contributed by atoms with Gasteiger partial charge in [0.05, 0.1) is 12.5 Å². The van der Waals surface area contributed by atoms with Crippen LogP contribution in [0.25, 0.3) is 0 Å². The molecule has 0 aliphatic rings. The average Bonchev–Trinajstić information content (AvgIpc) is 2.70. The number of amides is 3. The molecule has 0 saturated heterocycles. The van der Waals surface area contributed by atoms with Crippen molar-refractivity contribution in [2.45, 2.75) is 45.2 Å². The quantitative estimate of drug-likeness (QED) is 0.201. The number of hydroxylamine groups is 1. The molecule has 6 N–H and O–H groups in total. The number of aliphatic carboxylic acids is 1. The van der Waals surface area contributed by atoms with Crippen molar-refractivity contribution in [1.82, 2.24) is 16.1 Å². The van der Waals surface area contributed by atoms with Crippen LogP contribution in [0.1, 0.15) is 32.3 Å². The van der Waals surface area contributed by atoms with Gasteiger partial charge >= 0.3 is 5.97 Å². The summed E-state index contributed by atoms with van der Waals surface area (Å²) in [4.78, 5) is 48.0. The molecular formula is C20H29N3O7. The third kappa shape index (κ3) is 8.58. The van der Waals surface area contributed by atoms with Crippen molar-refractivity contribution >= 4 is 23.7 Å². The number of rotatable bonds is 12. The number of carbonyl (C=O) groups is 4. The molecule has 0 aliphatic heterocycles. The molecule has 0 unspecified atom stereocenters. The maximum atomic E-state index is 12.7. The Hall–Kier alpha value is -2.98. The van der Waals surface area contributed by atoms with Crippen LogP contribution in [-0.2, 0) is 25.6 Å². The number of carbonyl (C=O) groups excluding carboxylic acids is 3. The predicted molar refractivity (Wildman–Crippen MR) is 106 cm³/mol. The fourth-order valence-electron chi connectivity index (χ4n) is 2.87. The normalized spacial score (nSPS) is 13.8. The number of carboxylic acids is 1. The van der Waals surface area contributed by atoms with Gasteiger partial charge < -0.3 is 20.8 Å². The summed E-state index contributed by atoms with van der Waals surface area (Å²) in [7, 11) is 0. The Morgan fingerprint density at radius 1 is 0.967 bits per heavy atom. The molecule has 0 saturated carbocycles. The van der Waals surface area contributed by atoms with Crippen molar-refractivity contribution in [3.05, 3.63) is 35.9 Å². The zero-order valence-electron chi connectivity index (χ0n) is 17.0. The lowest BCUT2D eigenvalue weighted by atomic mass is 9.94. The maximum Gasteiger partial charge on any atom is 0.326 e. The van der Waals surface area contributed by atoms with E-state index < -0.39 is 48.3 Å². The van der Waals surface area contributed by atoms with Gasteiger partial charge in [-0.15, -0.1) is 0 Å². The number of aliphatic hydroxyl groups excluding tert-OH is 1. The van der Waals surface area contributed by atoms with Crippen LogP contribution in [0, 0.1) is 11.8 Å². The van der Waals surface area contributed by atoms with Crippen LogP contribution in [-0.4, -0.2) is 57.8 Å². The van der Waals surface area contributed by atoms with Crippen molar-refractivity contribution in [3.8, 4) is 0 Å². The van der Waals surface area contributed by atoms with E-state index in [-0.39, 0.29) is 25.2 Å². The summed E-state index contributed by atoms with van der Waals surface area (Å²) >= 11 is 0. The molecule has 0 radical (unpaired) electrons. The van der Waals surface area contributed by atoms with Gasteiger partial charge in [-0.05, 0) is 24.3 Å². The molecule has 0 bridgehead atoms. The fourth-order valence-corrected chi connectivity index (χ4v) is 2.87. The second kappa shape index (κ2) is 12.6. The lowest BCUT2D eigenvalue weighted by molar-refractivity contribution is -0.143. The van der Waals surface area contributed by atoms with Crippen molar-refractivity contribution < 1.29 is 34.6 Å². The highest BCUT2D eigenvalue weighted by atomic mass is 16.5. The van der Waals surface area contributed by atoms with Crippen molar-refractivity contribution in [2.24, 2.45) is 11.8 Å². The minimum Gasteiger partial charge on any atom is -0.480 e. The van der Waals surface area contributed by atoms with E-state index in [0.29, 0.717) is 0 Å². The lowest BCUT2D eigenvalue weighted by Gasteiger charge is -2.23. The van der Waals surface area contributed by atoms with E-state index in [9.17, 15) is 29.4 Å². The Labute approximate surface area is 174 Å². The summed E-state index contributed by atoms with van der Waals surface area (Å²) in [5.41, 5.74) is 2.23. The highest BCUT2D eigenvalue weighted by Crippen LogP contribution is 2.13. The van der Waals surface area contributed by atoms with Gasteiger partial charge in [-0.3, -0.25) is 19.6 Å². The first-order valence-corrected chi connectivity index (χ1v) is 9.59. The summed E-state index contributed by atoms with van der Waals surface area (Å²) in [5, 5.41) is 32.2. The standard InChI is InChI=1S/C20H29N3O7/c1-12(2)8-15(20(28)29)21-19(27)16(11-24)22-18(26)14(10-17(25)23-30)9-13-6-4-3-5-7-13/h3-7,12,14-16,24,30H,8-11H2,1-2H3,(H,21,27)(H,22,26)(H,23,25)(H,28,29)/t14-,15+,16+/m1/s1. The van der Waals surface area contributed by atoms with E-state index in [1.54, 1.807) is 44.2 Å². The molecule has 0 spiro atoms. The van der Waals surface area contributed by atoms with E-state index in [1.165, 1.54) is 5.48 Å². The van der Waals surface area contributed by atoms with Gasteiger partial charge in [-0.2, -0.15) is 0 Å². The largest absolute Gasteiger partial charge is 0.480 e. The van der Waals surface area contributed by atoms with E-state index in [2.05, 4.69) is 10.6 Å². The Morgan fingerprint density at radius 3 is 2.07 bits per heavy atom. The molecule has 0 aromatic heterocycles. The molecular weight excluding hydrogens is 394 g/mol. The molecule has 0 fully saturated rings. The SMILES string of the molecule is CC(C)C[C@H](NC(=O)[C@H](CO)NC(=O)[C@@H](CC(=O)NO)Cc1ccccc1)C(=O)O. The number of carboxylic acid groups (broad SMARTS) is 1. The zero-order valence-corrected chi connectivity index (χ0v) is 17.0. The van der Waals surface area contributed by atoms with Gasteiger partial charge in [0.1, 0.15) is 12.1 Å². The van der Waals surface area contributed by atoms with Crippen molar-refractivity contribution in [2.75, 3.05) is 6.61 Å². The molecule has 1 aromatic rings. The van der Waals surface area contributed by atoms with E-state index >= 15 is 0 Å². The number of hydrogen-bond donors (Lipinski definition) is 6. The summed E-state index contributed by atoms with van der Waals surface area (Å²) in [5.74, 6) is -4.45. The lowest BCUT2D eigenvalue weighted by Crippen LogP contribution is -2.54. The Morgan fingerprint density at radius 2 is 1.57 bits per heavy atom. The molecule has 3 atom stereocenters. The Balaban J connectivity index is 2.87. The molecule has 3 amide bonds. The number of hydrogen-bond acceptors (Lipinski definition) is 6. The van der Waals surface area contributed by atoms with Gasteiger partial charge in [-0.1, -0.05) is 44.2 Å². The zero-order chi connectivity index (χ0) is 22.7. The highest BCUT2D eigenvalue weighted by Gasteiger charge is 2.29. The molecule has 0 heterocycles. The van der Waals surface area contributed by atoms with E-state index in [4.69, 9.17) is 5.21 Å². The first-order valence-electron chi connectivity index (χ1n) is 9.59. The Kier molecular flexibility index (Phi) is 10.5. The average molecular weight is 423 g/mol. The third-order valence-electron chi connectivity index (χ3n) is 4.39. The molecule has 1 rings (SSSR count). The smallest absolute Gasteiger partial charge is 0.326 e. The molecule has 166 valence electrons. The van der Waals surface area contributed by atoms with Crippen molar-refractivity contribution in [3.63, 3.8) is 0 Å². The minimum absolute atomic E-state index is 0.000754. The molecule has 0 aliphatic carbocycles. The van der Waals surface area contributed by atoms with Crippen LogP contribution in [0.3, 0.4) is 0 Å². The Bertz CT molecular complexity index is 724. The van der Waals surface area contributed by atoms with Gasteiger partial charge in [0.15, 0.2) is 0 Å². The molecule has 30 heavy (non-hydrogen) atoms. The van der Waals surface area contributed by atoms with Gasteiger partial charge in [0.25, 0.3) is 0 Å². The number of nitrogens with one attached hydrogen (secondary N) is 3. The monoisotopic (exact) mass is 423 g/mol. The van der Waals surface area contributed by atoms with Crippen LogP contribution in [0.4, 0.5) is 0 Å². The topological polar surface area (TPSA) is 165 Å². The minimum atomic E-state index is -1.39. The summed E-state index contributed by atoms with van der Waals surface area (Å²) in [6, 6.07) is 6.29. The molecule has 1 aromatic carbocycles. The summed E-state index contributed by atoms with van der Waals surface area (Å²) in [6.07, 6.45) is -0.00642. The van der Waals surface area contributed by atoms with Gasteiger partial charge in [0.2, 0.25) is 17.7 Å². The van der Waals surface area contributed by atoms with Crippen LogP contribution in [0.15, 0.2) is 30.3 Å². The maximum absolute atomic E-state index is 12.7. The molecule has 10 heteroatoms. The van der Waals surface area contributed by atoms with Crippen LogP contribution >= 0.6 is 0 Å². The van der Waals surface area contributed by atoms with Crippen LogP contribution < -0.4 is 16.1 Å². The number of aliphatic hydroxyl groups is 1. The van der Waals surface area contributed by atoms with Crippen LogP contribution in [0.5, 0.6) is 0 Å². The predicted octanol–water partition coefficient (Wildman–Crippen LogP) is -0.167. The van der Waals surface area contributed by atoms with Crippen molar-refractivity contribution in [1.29, 1.82) is 0 Å². The first-order chi connectivity index (χ1) is 14.2. The van der Waals surface area contributed by atoms with E-state index in [0.717, 1.165) is 5.56 Å². The molecule has 10 nitrogen and oxygen atoms in total. The summed E-state index contributed by atoms with van der Waals surface area (Å²) in [6.45, 7) is 2.84. The summed E-state index contributed by atoms with van der Waals surface area (Å²) < 4.78 is 0. The van der Waals surface area contributed by atoms with Crippen LogP contribution in [0.2, 0.25) is 0 Å². The number of benzene rings is 1. The third-order valence-corrected chi connectivity index (χ3v) is 4.39. The van der Waals surface area contributed by atoms with Gasteiger partial charge in [0, 0.05) is 6.42 Å². The second-order valence-corrected chi connectivity index (χ2v) is 7.40. The van der Waals surface area contributed by atoms with E-state index in [1.807, 2.05) is 0 Å². The second-order valence-electron chi connectivity index (χ2n) is 7.40. The van der Waals surface area contributed by atoms with Gasteiger partial charge in [-0.25, -0.2) is 10.3 Å².